The molecule has 14 heteroatoms. The van der Waals surface area contributed by atoms with E-state index >= 15 is 0 Å². The van der Waals surface area contributed by atoms with E-state index in [0.717, 1.165) is 21.1 Å². The van der Waals surface area contributed by atoms with Crippen molar-refractivity contribution in [1.82, 2.24) is 14.6 Å². The van der Waals surface area contributed by atoms with Gasteiger partial charge in [0.2, 0.25) is 5.82 Å². The van der Waals surface area contributed by atoms with Gasteiger partial charge in [0, 0.05) is 11.8 Å². The van der Waals surface area contributed by atoms with Crippen molar-refractivity contribution in [3.63, 3.8) is 0 Å². The minimum atomic E-state index is -4.50. The SMILES string of the molecule is O=C(OCc1ccccc1)[C@H](Cc1ccccc1)NP(=O)(OC[C@H]1O[C@@H](n2cc(F)c(=O)[nH]c2=O)C[C@H]1O)Oc1cccc2ccccc12. The van der Waals surface area contributed by atoms with Gasteiger partial charge in [0.15, 0.2) is 0 Å². The fourth-order valence-electron chi connectivity index (χ4n) is 5.43. The molecule has 0 amide bonds. The van der Waals surface area contributed by atoms with Crippen LogP contribution in [0, 0.1) is 5.82 Å². The average Bonchev–Trinajstić information content (AvgIpc) is 3.48. The quantitative estimate of drug-likeness (QED) is 0.118. The first-order valence-corrected chi connectivity index (χ1v) is 17.0. The molecule has 1 saturated heterocycles. The van der Waals surface area contributed by atoms with Gasteiger partial charge >= 0.3 is 19.4 Å². The zero-order valence-corrected chi connectivity index (χ0v) is 26.9. The highest BCUT2D eigenvalue weighted by atomic mass is 31.2. The van der Waals surface area contributed by atoms with Gasteiger partial charge in [-0.1, -0.05) is 97.1 Å². The second-order valence-electron chi connectivity index (χ2n) is 11.4. The smallest absolute Gasteiger partial charge is 0.459 e. The third-order valence-corrected chi connectivity index (χ3v) is 9.47. The molecule has 0 aliphatic carbocycles. The van der Waals surface area contributed by atoms with Crippen molar-refractivity contribution < 1.29 is 37.4 Å². The molecule has 0 radical (unpaired) electrons. The van der Waals surface area contributed by atoms with E-state index in [-0.39, 0.29) is 25.2 Å². The molecule has 1 unspecified atom stereocenters. The molecule has 3 N–H and O–H groups in total. The first-order chi connectivity index (χ1) is 23.7. The van der Waals surface area contributed by atoms with Gasteiger partial charge in [0.05, 0.1) is 18.9 Å². The Hall–Kier alpha value is -4.91. The van der Waals surface area contributed by atoms with Gasteiger partial charge < -0.3 is 19.1 Å². The van der Waals surface area contributed by atoms with E-state index in [4.69, 9.17) is 18.5 Å². The number of aromatic nitrogens is 2. The fourth-order valence-corrected chi connectivity index (χ4v) is 6.95. The maximum atomic E-state index is 14.7. The van der Waals surface area contributed by atoms with Crippen molar-refractivity contribution in [2.45, 2.75) is 43.9 Å². The third kappa shape index (κ3) is 8.40. The molecule has 5 aromatic rings. The lowest BCUT2D eigenvalue weighted by molar-refractivity contribution is -0.147. The summed E-state index contributed by atoms with van der Waals surface area (Å²) in [5.74, 6) is -1.72. The number of fused-ring (bicyclic) bond motifs is 1. The Kier molecular flexibility index (Phi) is 10.5. The number of aromatic amines is 1. The number of hydrogen-bond acceptors (Lipinski definition) is 9. The van der Waals surface area contributed by atoms with Crippen LogP contribution in [0.3, 0.4) is 0 Å². The lowest BCUT2D eigenvalue weighted by atomic mass is 10.1. The van der Waals surface area contributed by atoms with Crippen LogP contribution in [0.4, 0.5) is 4.39 Å². The van der Waals surface area contributed by atoms with Crippen LogP contribution in [-0.2, 0) is 36.4 Å². The minimum absolute atomic E-state index is 0.0316. The first kappa shape index (κ1) is 34.0. The Morgan fingerprint density at radius 1 is 0.980 bits per heavy atom. The van der Waals surface area contributed by atoms with E-state index < -0.39 is 61.9 Å². The fraction of sp³-hybridized carbons (Fsp3) is 0.229. The normalized spacial score (nSPS) is 19.3. The molecule has 0 spiro atoms. The van der Waals surface area contributed by atoms with Crippen LogP contribution < -0.4 is 20.9 Å². The molecule has 5 atom stereocenters. The molecule has 1 aliphatic rings. The number of ether oxygens (including phenoxy) is 2. The number of rotatable bonds is 13. The van der Waals surface area contributed by atoms with Gasteiger partial charge in [-0.3, -0.25) is 23.7 Å². The standard InChI is InChI=1S/C35H33FN3O9P/c36-27-20-39(35(43)37-33(27)41)32-19-29(40)31(47-32)22-46-49(44,48-30-17-9-15-25-14-7-8-16-26(25)30)38-28(18-23-10-3-1-4-11-23)34(42)45-21-24-12-5-2-6-13-24/h1-17,20,28-29,31-32,40H,18-19,21-22H2,(H,38,44)(H,37,41,43)/t28-,29+,31+,32+,49?/m0/s1. The topological polar surface area (TPSA) is 158 Å². The van der Waals surface area contributed by atoms with E-state index in [1.165, 1.54) is 0 Å². The number of carbonyl (C=O) groups excluding carboxylic acids is 1. The molecule has 2 heterocycles. The minimum Gasteiger partial charge on any atom is -0.460 e. The highest BCUT2D eigenvalue weighted by Crippen LogP contribution is 2.48. The van der Waals surface area contributed by atoms with Crippen molar-refractivity contribution in [2.75, 3.05) is 6.61 Å². The summed E-state index contributed by atoms with van der Waals surface area (Å²) in [4.78, 5) is 39.3. The number of nitrogens with one attached hydrogen (secondary N) is 2. The lowest BCUT2D eigenvalue weighted by Gasteiger charge is -2.26. The molecule has 6 rings (SSSR count). The number of halogens is 1. The summed E-state index contributed by atoms with van der Waals surface area (Å²) < 4.78 is 52.9. The highest BCUT2D eigenvalue weighted by Gasteiger charge is 2.40. The van der Waals surface area contributed by atoms with E-state index in [9.17, 15) is 28.4 Å². The van der Waals surface area contributed by atoms with Crippen LogP contribution in [0.25, 0.3) is 10.8 Å². The summed E-state index contributed by atoms with van der Waals surface area (Å²) in [5, 5.41) is 15.0. The van der Waals surface area contributed by atoms with E-state index in [0.29, 0.717) is 11.6 Å². The molecule has 4 aromatic carbocycles. The van der Waals surface area contributed by atoms with Crippen LogP contribution in [0.15, 0.2) is 119 Å². The van der Waals surface area contributed by atoms with Crippen molar-refractivity contribution >= 4 is 24.5 Å². The van der Waals surface area contributed by atoms with Crippen LogP contribution in [-0.4, -0.2) is 45.5 Å². The van der Waals surface area contributed by atoms with Crippen molar-refractivity contribution in [3.8, 4) is 5.75 Å². The number of benzene rings is 4. The van der Waals surface area contributed by atoms with Gasteiger partial charge in [0.25, 0.3) is 5.56 Å². The van der Waals surface area contributed by atoms with Crippen LogP contribution in [0.1, 0.15) is 23.8 Å². The summed E-state index contributed by atoms with van der Waals surface area (Å²) in [5.41, 5.74) is -0.632. The lowest BCUT2D eigenvalue weighted by Crippen LogP contribution is -2.40. The Balaban J connectivity index is 1.27. The summed E-state index contributed by atoms with van der Waals surface area (Å²) in [6, 6.07) is 29.4. The van der Waals surface area contributed by atoms with Gasteiger partial charge in [-0.15, -0.1) is 0 Å². The van der Waals surface area contributed by atoms with Gasteiger partial charge in [-0.05, 0) is 29.0 Å². The molecular formula is C35H33FN3O9P. The predicted octanol–water partition coefficient (Wildman–Crippen LogP) is 4.63. The molecule has 254 valence electrons. The molecular weight excluding hydrogens is 656 g/mol. The molecule has 0 saturated carbocycles. The molecule has 1 aliphatic heterocycles. The Morgan fingerprint density at radius 3 is 2.41 bits per heavy atom. The maximum Gasteiger partial charge on any atom is 0.459 e. The molecule has 0 bridgehead atoms. The summed E-state index contributed by atoms with van der Waals surface area (Å²) in [6.45, 7) is -0.555. The molecule has 12 nitrogen and oxygen atoms in total. The zero-order valence-electron chi connectivity index (χ0n) is 26.0. The van der Waals surface area contributed by atoms with E-state index in [1.54, 1.807) is 60.7 Å². The largest absolute Gasteiger partial charge is 0.460 e. The number of esters is 1. The predicted molar refractivity (Wildman–Crippen MR) is 177 cm³/mol. The van der Waals surface area contributed by atoms with E-state index in [1.807, 2.05) is 47.4 Å². The number of aliphatic hydroxyl groups is 1. The van der Waals surface area contributed by atoms with Crippen LogP contribution in [0.2, 0.25) is 0 Å². The molecule has 1 aromatic heterocycles. The number of aliphatic hydroxyl groups excluding tert-OH is 1. The zero-order chi connectivity index (χ0) is 34.4. The van der Waals surface area contributed by atoms with Crippen molar-refractivity contribution in [3.05, 3.63) is 147 Å². The third-order valence-electron chi connectivity index (χ3n) is 7.92. The molecule has 1 fully saturated rings. The second-order valence-corrected chi connectivity index (χ2v) is 13.1. The van der Waals surface area contributed by atoms with Crippen molar-refractivity contribution in [2.24, 2.45) is 0 Å². The van der Waals surface area contributed by atoms with Gasteiger partial charge in [-0.2, -0.15) is 9.48 Å². The summed E-state index contributed by atoms with van der Waals surface area (Å²) >= 11 is 0. The monoisotopic (exact) mass is 689 g/mol. The van der Waals surface area contributed by atoms with Gasteiger partial charge in [0.1, 0.15) is 30.7 Å². The number of nitrogens with zero attached hydrogens (tertiary/aromatic N) is 1. The average molecular weight is 690 g/mol. The Labute approximate surface area is 279 Å². The van der Waals surface area contributed by atoms with E-state index in [2.05, 4.69) is 5.09 Å². The first-order valence-electron chi connectivity index (χ1n) is 15.5. The molecule has 49 heavy (non-hydrogen) atoms. The summed E-state index contributed by atoms with van der Waals surface area (Å²) in [7, 11) is -4.50. The number of carbonyl (C=O) groups is 1. The summed E-state index contributed by atoms with van der Waals surface area (Å²) in [6.07, 6.45) is -2.97. The Morgan fingerprint density at radius 2 is 1.65 bits per heavy atom. The highest BCUT2D eigenvalue weighted by molar-refractivity contribution is 7.52. The van der Waals surface area contributed by atoms with Crippen LogP contribution >= 0.6 is 7.75 Å². The Bertz CT molecular complexity index is 2070. The number of H-pyrrole nitrogens is 1. The maximum absolute atomic E-state index is 14.7. The van der Waals surface area contributed by atoms with Crippen LogP contribution in [0.5, 0.6) is 5.75 Å². The second kappa shape index (κ2) is 15.1. The van der Waals surface area contributed by atoms with Gasteiger partial charge in [-0.25, -0.2) is 9.36 Å². The number of hydrogen-bond donors (Lipinski definition) is 3. The van der Waals surface area contributed by atoms with Crippen molar-refractivity contribution in [1.29, 1.82) is 0 Å².